The Bertz CT molecular complexity index is 909. The topological polar surface area (TPSA) is 71.4 Å². The second-order valence-corrected chi connectivity index (χ2v) is 8.86. The van der Waals surface area contributed by atoms with E-state index in [0.29, 0.717) is 5.56 Å². The van der Waals surface area contributed by atoms with Crippen LogP contribution in [-0.2, 0) is 11.3 Å². The number of carbonyl (C=O) groups is 1. The van der Waals surface area contributed by atoms with E-state index in [4.69, 9.17) is 5.26 Å². The fourth-order valence-corrected chi connectivity index (χ4v) is 4.41. The van der Waals surface area contributed by atoms with E-state index >= 15 is 0 Å². The van der Waals surface area contributed by atoms with Crippen molar-refractivity contribution in [2.45, 2.75) is 31.5 Å². The van der Waals surface area contributed by atoms with E-state index in [-0.39, 0.29) is 18.0 Å². The SMILES string of the molecule is N#Cc1ccc(CN2CCCN(C(=O)C3CC(c4ccc(Br)cc4)NN3)CC2)cc1. The molecule has 2 aliphatic rings. The van der Waals surface area contributed by atoms with Crippen LogP contribution in [0.3, 0.4) is 0 Å². The molecular formula is C23H26BrN5O. The van der Waals surface area contributed by atoms with Gasteiger partial charge in [0.05, 0.1) is 11.6 Å². The number of nitrogens with zero attached hydrogens (tertiary/aromatic N) is 3. The van der Waals surface area contributed by atoms with E-state index in [1.807, 2.05) is 41.3 Å². The number of halogens is 1. The average molecular weight is 468 g/mol. The number of carbonyl (C=O) groups excluding carboxylic acids is 1. The molecule has 0 bridgehead atoms. The third-order valence-electron chi connectivity index (χ3n) is 5.86. The Morgan fingerprint density at radius 1 is 1.03 bits per heavy atom. The predicted molar refractivity (Wildman–Crippen MR) is 119 cm³/mol. The molecule has 30 heavy (non-hydrogen) atoms. The van der Waals surface area contributed by atoms with Crippen molar-refractivity contribution >= 4 is 21.8 Å². The van der Waals surface area contributed by atoms with Gasteiger partial charge < -0.3 is 4.90 Å². The number of hydrogen-bond donors (Lipinski definition) is 2. The molecule has 0 saturated carbocycles. The Kier molecular flexibility index (Phi) is 6.80. The van der Waals surface area contributed by atoms with Crippen LogP contribution >= 0.6 is 15.9 Å². The number of nitrogens with one attached hydrogen (secondary N) is 2. The molecule has 7 heteroatoms. The van der Waals surface area contributed by atoms with E-state index in [1.165, 1.54) is 11.1 Å². The number of amides is 1. The predicted octanol–water partition coefficient (Wildman–Crippen LogP) is 2.96. The minimum atomic E-state index is -0.191. The monoisotopic (exact) mass is 467 g/mol. The van der Waals surface area contributed by atoms with Crippen molar-refractivity contribution in [1.82, 2.24) is 20.7 Å². The lowest BCUT2D eigenvalue weighted by molar-refractivity contribution is -0.133. The highest BCUT2D eigenvalue weighted by molar-refractivity contribution is 9.10. The third-order valence-corrected chi connectivity index (χ3v) is 6.39. The zero-order valence-electron chi connectivity index (χ0n) is 16.9. The maximum atomic E-state index is 13.1. The first-order chi connectivity index (χ1) is 14.6. The summed E-state index contributed by atoms with van der Waals surface area (Å²) in [6.45, 7) is 4.23. The third kappa shape index (κ3) is 5.08. The lowest BCUT2D eigenvalue weighted by Gasteiger charge is -2.24. The van der Waals surface area contributed by atoms with Gasteiger partial charge in [0, 0.05) is 43.2 Å². The van der Waals surface area contributed by atoms with Gasteiger partial charge in [-0.25, -0.2) is 10.9 Å². The van der Waals surface area contributed by atoms with Crippen molar-refractivity contribution in [3.8, 4) is 6.07 Å². The molecular weight excluding hydrogens is 442 g/mol. The Labute approximate surface area is 186 Å². The first kappa shape index (κ1) is 21.0. The molecule has 2 fully saturated rings. The summed E-state index contributed by atoms with van der Waals surface area (Å²) in [6.07, 6.45) is 1.73. The van der Waals surface area contributed by atoms with Crippen molar-refractivity contribution in [2.24, 2.45) is 0 Å². The van der Waals surface area contributed by atoms with E-state index in [1.54, 1.807) is 0 Å². The molecule has 0 radical (unpaired) electrons. The fraction of sp³-hybridized carbons (Fsp3) is 0.391. The van der Waals surface area contributed by atoms with Crippen LogP contribution in [0.4, 0.5) is 0 Å². The minimum Gasteiger partial charge on any atom is -0.340 e. The molecule has 2 heterocycles. The number of rotatable bonds is 4. The van der Waals surface area contributed by atoms with Crippen LogP contribution in [0.25, 0.3) is 0 Å². The van der Waals surface area contributed by atoms with Gasteiger partial charge in [-0.15, -0.1) is 0 Å². The van der Waals surface area contributed by atoms with Crippen molar-refractivity contribution in [3.63, 3.8) is 0 Å². The number of nitriles is 1. The smallest absolute Gasteiger partial charge is 0.241 e. The van der Waals surface area contributed by atoms with Crippen LogP contribution in [0, 0.1) is 11.3 Å². The number of benzene rings is 2. The maximum absolute atomic E-state index is 13.1. The van der Waals surface area contributed by atoms with Crippen molar-refractivity contribution in [3.05, 3.63) is 69.7 Å². The Balaban J connectivity index is 1.30. The van der Waals surface area contributed by atoms with Crippen molar-refractivity contribution < 1.29 is 4.79 Å². The Hall–Kier alpha value is -2.24. The lowest BCUT2D eigenvalue weighted by Crippen LogP contribution is -2.46. The summed E-state index contributed by atoms with van der Waals surface area (Å²) in [4.78, 5) is 17.5. The summed E-state index contributed by atoms with van der Waals surface area (Å²) in [5.74, 6) is 0.183. The van der Waals surface area contributed by atoms with Gasteiger partial charge in [-0.2, -0.15) is 5.26 Å². The first-order valence-corrected chi connectivity index (χ1v) is 11.2. The minimum absolute atomic E-state index is 0.145. The quantitative estimate of drug-likeness (QED) is 0.722. The van der Waals surface area contributed by atoms with Gasteiger partial charge in [-0.05, 0) is 48.2 Å². The van der Waals surface area contributed by atoms with E-state index in [0.717, 1.165) is 50.0 Å². The first-order valence-electron chi connectivity index (χ1n) is 10.4. The molecule has 2 N–H and O–H groups in total. The van der Waals surface area contributed by atoms with Gasteiger partial charge in [0.1, 0.15) is 6.04 Å². The normalized spacial score (nSPS) is 22.5. The van der Waals surface area contributed by atoms with E-state index in [9.17, 15) is 4.79 Å². The largest absolute Gasteiger partial charge is 0.340 e. The summed E-state index contributed by atoms with van der Waals surface area (Å²) < 4.78 is 1.06. The van der Waals surface area contributed by atoms with Crippen LogP contribution in [0.1, 0.15) is 35.6 Å². The molecule has 4 rings (SSSR count). The molecule has 2 saturated heterocycles. The highest BCUT2D eigenvalue weighted by Gasteiger charge is 2.33. The second-order valence-electron chi connectivity index (χ2n) is 7.94. The lowest BCUT2D eigenvalue weighted by atomic mass is 10.0. The second kappa shape index (κ2) is 9.71. The van der Waals surface area contributed by atoms with Gasteiger partial charge in [-0.1, -0.05) is 40.2 Å². The molecule has 6 nitrogen and oxygen atoms in total. The summed E-state index contributed by atoms with van der Waals surface area (Å²) >= 11 is 3.47. The zero-order valence-corrected chi connectivity index (χ0v) is 18.4. The van der Waals surface area contributed by atoms with Gasteiger partial charge in [0.2, 0.25) is 5.91 Å². The molecule has 2 unspecified atom stereocenters. The van der Waals surface area contributed by atoms with Gasteiger partial charge in [-0.3, -0.25) is 9.69 Å². The van der Waals surface area contributed by atoms with Crippen LogP contribution in [0.2, 0.25) is 0 Å². The average Bonchev–Trinajstić information content (AvgIpc) is 3.15. The molecule has 0 aromatic heterocycles. The summed E-state index contributed by atoms with van der Waals surface area (Å²) in [5.41, 5.74) is 9.56. The molecule has 2 aliphatic heterocycles. The number of hydrogen-bond acceptors (Lipinski definition) is 5. The van der Waals surface area contributed by atoms with E-state index < -0.39 is 0 Å². The van der Waals surface area contributed by atoms with Crippen LogP contribution in [-0.4, -0.2) is 47.9 Å². The summed E-state index contributed by atoms with van der Waals surface area (Å²) in [5, 5.41) is 8.94. The fourth-order valence-electron chi connectivity index (χ4n) is 4.14. The van der Waals surface area contributed by atoms with Crippen LogP contribution in [0.5, 0.6) is 0 Å². The number of hydrazine groups is 1. The van der Waals surface area contributed by atoms with Gasteiger partial charge >= 0.3 is 0 Å². The Morgan fingerprint density at radius 2 is 1.80 bits per heavy atom. The van der Waals surface area contributed by atoms with Gasteiger partial charge in [0.25, 0.3) is 0 Å². The molecule has 0 aliphatic carbocycles. The standard InChI is InChI=1S/C23H26BrN5O/c24-20-8-6-19(7-9-20)21-14-22(27-26-21)23(30)29-11-1-10-28(12-13-29)16-18-4-2-17(15-25)3-5-18/h2-9,21-22,26-27H,1,10-14,16H2. The van der Waals surface area contributed by atoms with Crippen LogP contribution < -0.4 is 10.9 Å². The summed E-state index contributed by atoms with van der Waals surface area (Å²) in [6, 6.07) is 18.1. The molecule has 2 aromatic carbocycles. The van der Waals surface area contributed by atoms with Crippen molar-refractivity contribution in [1.29, 1.82) is 5.26 Å². The van der Waals surface area contributed by atoms with E-state index in [2.05, 4.69) is 49.9 Å². The van der Waals surface area contributed by atoms with Crippen molar-refractivity contribution in [2.75, 3.05) is 26.2 Å². The summed E-state index contributed by atoms with van der Waals surface area (Å²) in [7, 11) is 0. The molecule has 2 aromatic rings. The maximum Gasteiger partial charge on any atom is 0.241 e. The highest BCUT2D eigenvalue weighted by Crippen LogP contribution is 2.25. The highest BCUT2D eigenvalue weighted by atomic mass is 79.9. The van der Waals surface area contributed by atoms with Gasteiger partial charge in [0.15, 0.2) is 0 Å². The Morgan fingerprint density at radius 3 is 2.53 bits per heavy atom. The zero-order chi connectivity index (χ0) is 20.9. The molecule has 0 spiro atoms. The van der Waals surface area contributed by atoms with Crippen LogP contribution in [0.15, 0.2) is 53.0 Å². The molecule has 1 amide bonds. The molecule has 156 valence electrons. The molecule has 2 atom stereocenters.